The van der Waals surface area contributed by atoms with Crippen molar-refractivity contribution < 1.29 is 26.7 Å². The highest BCUT2D eigenvalue weighted by Crippen LogP contribution is 2.20. The van der Waals surface area contributed by atoms with E-state index in [9.17, 15) is 18.1 Å². The molecule has 0 saturated heterocycles. The Morgan fingerprint density at radius 3 is 1.91 bits per heavy atom. The number of hydrogen-bond donors (Lipinski definition) is 1. The van der Waals surface area contributed by atoms with Crippen LogP contribution in [0.2, 0.25) is 0 Å². The van der Waals surface area contributed by atoms with E-state index in [0.29, 0.717) is 4.48 Å². The number of aliphatic hydroxyl groups is 1. The normalized spacial score (nSPS) is 19.4. The molecule has 0 spiro atoms. The quantitative estimate of drug-likeness (QED) is 0.0873. The SMILES string of the molecule is CCCCCCCCC=CCCCCCCCCC1=NCC[N+]1(C)C(C)O.COS(=O)(=O)[O-]. The summed E-state index contributed by atoms with van der Waals surface area (Å²) in [6.45, 7) is 6.01. The van der Waals surface area contributed by atoms with E-state index in [-0.39, 0.29) is 6.23 Å². The van der Waals surface area contributed by atoms with Gasteiger partial charge in [-0.1, -0.05) is 76.9 Å². The molecule has 1 rings (SSSR count). The monoisotopic (exact) mass is 490 g/mol. The topological polar surface area (TPSA) is 99.0 Å². The lowest BCUT2D eigenvalue weighted by atomic mass is 10.1. The Morgan fingerprint density at radius 2 is 1.45 bits per heavy atom. The molecule has 0 fully saturated rings. The smallest absolute Gasteiger partial charge is 0.217 e. The summed E-state index contributed by atoms with van der Waals surface area (Å²) >= 11 is 0. The van der Waals surface area contributed by atoms with Crippen molar-refractivity contribution in [2.45, 2.75) is 116 Å². The summed E-state index contributed by atoms with van der Waals surface area (Å²) in [6.07, 6.45) is 24.4. The molecule has 7 nitrogen and oxygen atoms in total. The molecule has 1 aliphatic rings. The highest BCUT2D eigenvalue weighted by molar-refractivity contribution is 7.80. The Kier molecular flexibility index (Phi) is 19.0. The third-order valence-corrected chi connectivity index (χ3v) is 6.80. The fourth-order valence-corrected chi connectivity index (χ4v) is 3.94. The molecule has 0 radical (unpaired) electrons. The number of aliphatic hydroxyl groups excluding tert-OH is 1. The lowest BCUT2D eigenvalue weighted by Gasteiger charge is -2.32. The van der Waals surface area contributed by atoms with Crippen molar-refractivity contribution >= 4 is 16.2 Å². The minimum Gasteiger partial charge on any atom is -0.726 e. The van der Waals surface area contributed by atoms with E-state index in [4.69, 9.17) is 0 Å². The molecule has 0 aromatic rings. The number of allylic oxidation sites excluding steroid dienone is 2. The Bertz CT molecular complexity index is 635. The summed E-state index contributed by atoms with van der Waals surface area (Å²) in [5.41, 5.74) is 0. The number of rotatable bonds is 18. The Morgan fingerprint density at radius 1 is 1.00 bits per heavy atom. The van der Waals surface area contributed by atoms with E-state index in [1.165, 1.54) is 95.7 Å². The first kappa shape index (κ1) is 32.2. The van der Waals surface area contributed by atoms with Crippen LogP contribution in [0.4, 0.5) is 0 Å². The summed E-state index contributed by atoms with van der Waals surface area (Å²) in [7, 11) is -1.48. The summed E-state index contributed by atoms with van der Waals surface area (Å²) in [6, 6.07) is 0. The zero-order valence-electron chi connectivity index (χ0n) is 21.6. The molecule has 196 valence electrons. The van der Waals surface area contributed by atoms with Crippen LogP contribution in [0.3, 0.4) is 0 Å². The van der Waals surface area contributed by atoms with Crippen LogP contribution < -0.4 is 0 Å². The van der Waals surface area contributed by atoms with E-state index < -0.39 is 10.4 Å². The van der Waals surface area contributed by atoms with Crippen LogP contribution >= 0.6 is 0 Å². The summed E-state index contributed by atoms with van der Waals surface area (Å²) < 4.78 is 31.7. The fraction of sp³-hybridized carbons (Fsp3) is 0.880. The third-order valence-electron chi connectivity index (χ3n) is 6.39. The van der Waals surface area contributed by atoms with Crippen LogP contribution in [0.5, 0.6) is 0 Å². The molecule has 2 atom stereocenters. The minimum atomic E-state index is -4.41. The van der Waals surface area contributed by atoms with Gasteiger partial charge in [-0.2, -0.15) is 0 Å². The standard InChI is InChI=1S/C24H47N2O.CH4O4S/c1-4-5-6-7-8-9-10-11-12-13-14-15-16-17-18-19-20-24-25-21-22-26(24,3)23(2)27;1-5-6(2,3)4/h11-12,23,27H,4-10,13-22H2,1-3H3;1H3,(H,2,3,4)/q+1;/p-1. The molecular weight excluding hydrogens is 440 g/mol. The molecule has 0 bridgehead atoms. The van der Waals surface area contributed by atoms with Gasteiger partial charge < -0.3 is 9.66 Å². The lowest BCUT2D eigenvalue weighted by molar-refractivity contribution is -0.865. The maximum atomic E-state index is 10.0. The van der Waals surface area contributed by atoms with E-state index in [1.807, 2.05) is 6.92 Å². The second kappa shape index (κ2) is 19.5. The van der Waals surface area contributed by atoms with Gasteiger partial charge in [0, 0.05) is 13.3 Å². The van der Waals surface area contributed by atoms with Crippen LogP contribution in [0.15, 0.2) is 17.1 Å². The molecule has 0 saturated carbocycles. The molecule has 1 N–H and O–H groups in total. The predicted molar refractivity (Wildman–Crippen MR) is 136 cm³/mol. The van der Waals surface area contributed by atoms with Gasteiger partial charge in [-0.25, -0.2) is 13.4 Å². The Hall–Kier alpha value is -0.800. The first-order valence-corrected chi connectivity index (χ1v) is 14.2. The van der Waals surface area contributed by atoms with Crippen molar-refractivity contribution in [1.82, 2.24) is 0 Å². The summed E-state index contributed by atoms with van der Waals surface area (Å²) in [5, 5.41) is 10.0. The Balaban J connectivity index is 0.00000150. The maximum absolute atomic E-state index is 10.0. The van der Waals surface area contributed by atoms with E-state index in [0.717, 1.165) is 26.6 Å². The van der Waals surface area contributed by atoms with E-state index >= 15 is 0 Å². The molecule has 0 aromatic carbocycles. The molecule has 33 heavy (non-hydrogen) atoms. The van der Waals surface area contributed by atoms with Gasteiger partial charge in [0.15, 0.2) is 12.1 Å². The van der Waals surface area contributed by atoms with E-state index in [1.54, 1.807) is 0 Å². The molecule has 0 amide bonds. The van der Waals surface area contributed by atoms with Gasteiger partial charge in [-0.05, 0) is 32.1 Å². The van der Waals surface area contributed by atoms with Gasteiger partial charge in [0.05, 0.1) is 20.7 Å². The van der Waals surface area contributed by atoms with Crippen LogP contribution in [0.25, 0.3) is 0 Å². The number of amidine groups is 1. The van der Waals surface area contributed by atoms with Gasteiger partial charge in [-0.3, -0.25) is 8.67 Å². The van der Waals surface area contributed by atoms with Crippen molar-refractivity contribution in [3.05, 3.63) is 12.2 Å². The molecular formula is C25H50N2O5S. The maximum Gasteiger partial charge on any atom is 0.217 e. The number of quaternary nitrogens is 1. The van der Waals surface area contributed by atoms with Gasteiger partial charge in [-0.15, -0.1) is 0 Å². The molecule has 1 aliphatic heterocycles. The molecule has 8 heteroatoms. The largest absolute Gasteiger partial charge is 0.726 e. The van der Waals surface area contributed by atoms with Crippen LogP contribution in [-0.2, 0) is 14.6 Å². The summed E-state index contributed by atoms with van der Waals surface area (Å²) in [4.78, 5) is 4.64. The zero-order chi connectivity index (χ0) is 25.0. The number of nitrogens with zero attached hydrogens (tertiary/aromatic N) is 2. The minimum absolute atomic E-state index is 0.333. The second-order valence-corrected chi connectivity index (χ2v) is 10.3. The van der Waals surface area contributed by atoms with Crippen molar-refractivity contribution in [3.63, 3.8) is 0 Å². The number of likely N-dealkylation sites (N-methyl/N-ethyl adjacent to an activating group) is 1. The number of unbranched alkanes of at least 4 members (excludes halogenated alkanes) is 12. The number of aliphatic imine (C=N–C) groups is 1. The molecule has 1 heterocycles. The zero-order valence-corrected chi connectivity index (χ0v) is 22.5. The van der Waals surface area contributed by atoms with Gasteiger partial charge in [0.2, 0.25) is 10.4 Å². The van der Waals surface area contributed by atoms with Gasteiger partial charge in [0.25, 0.3) is 0 Å². The summed E-state index contributed by atoms with van der Waals surface area (Å²) in [5.74, 6) is 1.21. The van der Waals surface area contributed by atoms with Crippen LogP contribution in [0.1, 0.15) is 110 Å². The van der Waals surface area contributed by atoms with Crippen molar-refractivity contribution in [3.8, 4) is 0 Å². The van der Waals surface area contributed by atoms with E-state index in [2.05, 4.69) is 35.3 Å². The third kappa shape index (κ3) is 17.3. The molecule has 0 aliphatic carbocycles. The number of hydrogen-bond acceptors (Lipinski definition) is 6. The fourth-order valence-electron chi connectivity index (χ4n) is 3.94. The second-order valence-electron chi connectivity index (χ2n) is 9.18. The van der Waals surface area contributed by atoms with Crippen LogP contribution in [-0.4, -0.2) is 61.9 Å². The lowest BCUT2D eigenvalue weighted by Crippen LogP contribution is -2.53. The van der Waals surface area contributed by atoms with Gasteiger partial charge in [0.1, 0.15) is 6.54 Å². The van der Waals surface area contributed by atoms with Crippen LogP contribution in [0, 0.1) is 0 Å². The van der Waals surface area contributed by atoms with Crippen molar-refractivity contribution in [2.75, 3.05) is 27.2 Å². The predicted octanol–water partition coefficient (Wildman–Crippen LogP) is 5.70. The highest BCUT2D eigenvalue weighted by atomic mass is 32.3. The molecule has 2 unspecified atom stereocenters. The Labute approximate surface area is 203 Å². The van der Waals surface area contributed by atoms with Crippen molar-refractivity contribution in [2.24, 2.45) is 4.99 Å². The molecule has 0 aromatic heterocycles. The first-order chi connectivity index (χ1) is 15.7. The average Bonchev–Trinajstić information content (AvgIpc) is 3.15. The average molecular weight is 491 g/mol. The van der Waals surface area contributed by atoms with Crippen molar-refractivity contribution in [1.29, 1.82) is 0 Å². The van der Waals surface area contributed by atoms with Gasteiger partial charge >= 0.3 is 0 Å². The highest BCUT2D eigenvalue weighted by Gasteiger charge is 2.37. The first-order valence-electron chi connectivity index (χ1n) is 12.9.